The van der Waals surface area contributed by atoms with Gasteiger partial charge in [-0.1, -0.05) is 12.1 Å². The largest absolute Gasteiger partial charge is 0.254 e. The van der Waals surface area contributed by atoms with E-state index >= 15 is 0 Å². The fourth-order valence-corrected chi connectivity index (χ4v) is 1.57. The van der Waals surface area contributed by atoms with Gasteiger partial charge < -0.3 is 0 Å². The summed E-state index contributed by atoms with van der Waals surface area (Å²) in [6, 6.07) is 7.42. The zero-order valence-corrected chi connectivity index (χ0v) is 10.2. The molecule has 0 aliphatic carbocycles. The van der Waals surface area contributed by atoms with E-state index in [-0.39, 0.29) is 0 Å². The maximum absolute atomic E-state index is 10.5. The molecule has 0 heterocycles. The molecule has 2 nitrogen and oxygen atoms in total. The first-order valence-corrected chi connectivity index (χ1v) is 6.81. The van der Waals surface area contributed by atoms with E-state index < -0.39 is 9.05 Å². The predicted molar refractivity (Wildman–Crippen MR) is 63.0 cm³/mol. The van der Waals surface area contributed by atoms with Crippen LogP contribution in [0.25, 0.3) is 6.08 Å². The molecule has 1 rings (SSSR count). The molecule has 0 aromatic heterocycles. The molecule has 0 aliphatic heterocycles. The van der Waals surface area contributed by atoms with Crippen LogP contribution >= 0.6 is 33.3 Å². The zero-order chi connectivity index (χ0) is 9.90. The molecular formula is C8H6ClIO2S. The van der Waals surface area contributed by atoms with Crippen LogP contribution in [-0.4, -0.2) is 8.42 Å². The molecule has 1 aromatic carbocycles. The Morgan fingerprint density at radius 2 is 1.77 bits per heavy atom. The molecule has 0 saturated heterocycles. The molecule has 0 fully saturated rings. The third-order valence-electron chi connectivity index (χ3n) is 1.29. The Bertz CT molecular complexity index is 408. The van der Waals surface area contributed by atoms with E-state index in [9.17, 15) is 8.42 Å². The van der Waals surface area contributed by atoms with Gasteiger partial charge in [-0.15, -0.1) is 0 Å². The van der Waals surface area contributed by atoms with Crippen molar-refractivity contribution in [2.45, 2.75) is 0 Å². The van der Waals surface area contributed by atoms with Crippen LogP contribution in [0.4, 0.5) is 0 Å². The standard InChI is InChI=1S/C8H6ClIO2S/c9-13(11,12)6-5-7-1-3-8(10)4-2-7/h1-6H/b6-5+. The van der Waals surface area contributed by atoms with Crippen LogP contribution in [-0.2, 0) is 9.05 Å². The van der Waals surface area contributed by atoms with Gasteiger partial charge in [-0.2, -0.15) is 0 Å². The summed E-state index contributed by atoms with van der Waals surface area (Å²) in [5.74, 6) is 0. The maximum atomic E-state index is 10.5. The Balaban J connectivity index is 2.88. The highest BCUT2D eigenvalue weighted by Gasteiger charge is 1.96. The first kappa shape index (κ1) is 11.0. The molecule has 70 valence electrons. The summed E-state index contributed by atoms with van der Waals surface area (Å²) >= 11 is 2.17. The second-order valence-electron chi connectivity index (χ2n) is 2.33. The average molecular weight is 329 g/mol. The maximum Gasteiger partial charge on any atom is 0.254 e. The molecule has 0 atom stereocenters. The predicted octanol–water partition coefficient (Wildman–Crippen LogP) is 2.83. The third-order valence-corrected chi connectivity index (χ3v) is 2.78. The molecule has 0 bridgehead atoms. The summed E-state index contributed by atoms with van der Waals surface area (Å²) in [6.07, 6.45) is 1.46. The lowest BCUT2D eigenvalue weighted by molar-refractivity contribution is 0.617. The van der Waals surface area contributed by atoms with E-state index in [4.69, 9.17) is 10.7 Å². The zero-order valence-electron chi connectivity index (χ0n) is 6.44. The van der Waals surface area contributed by atoms with Gasteiger partial charge in [-0.05, 0) is 46.4 Å². The smallest absolute Gasteiger partial charge is 0.208 e. The summed E-state index contributed by atoms with van der Waals surface area (Å²) in [5.41, 5.74) is 0.810. The second-order valence-corrected chi connectivity index (χ2v) is 6.09. The van der Waals surface area contributed by atoms with Gasteiger partial charge in [0.25, 0.3) is 9.05 Å². The molecule has 0 N–H and O–H groups in total. The van der Waals surface area contributed by atoms with Crippen LogP contribution in [0.1, 0.15) is 5.56 Å². The molecule has 13 heavy (non-hydrogen) atoms. The molecule has 0 radical (unpaired) electrons. The molecule has 0 aliphatic rings. The van der Waals surface area contributed by atoms with Crippen molar-refractivity contribution < 1.29 is 8.42 Å². The molecule has 5 heteroatoms. The van der Waals surface area contributed by atoms with Crippen LogP contribution in [0.2, 0.25) is 0 Å². The molecule has 0 saturated carbocycles. The Kier molecular flexibility index (Phi) is 3.75. The van der Waals surface area contributed by atoms with Crippen molar-refractivity contribution in [2.75, 3.05) is 0 Å². The van der Waals surface area contributed by atoms with Crippen molar-refractivity contribution in [2.24, 2.45) is 0 Å². The summed E-state index contributed by atoms with van der Waals surface area (Å²) in [6.45, 7) is 0. The van der Waals surface area contributed by atoms with E-state index in [1.54, 1.807) is 0 Å². The van der Waals surface area contributed by atoms with E-state index in [1.165, 1.54) is 6.08 Å². The Morgan fingerprint density at radius 3 is 2.23 bits per heavy atom. The highest BCUT2D eigenvalue weighted by Crippen LogP contribution is 2.09. The normalized spacial score (nSPS) is 12.2. The van der Waals surface area contributed by atoms with Crippen LogP contribution < -0.4 is 0 Å². The summed E-state index contributed by atoms with van der Waals surface area (Å²) < 4.78 is 22.2. The number of halogens is 2. The van der Waals surface area contributed by atoms with Gasteiger partial charge in [0, 0.05) is 19.7 Å². The number of rotatable bonds is 2. The van der Waals surface area contributed by atoms with E-state index in [2.05, 4.69) is 22.6 Å². The molecular weight excluding hydrogens is 323 g/mol. The lowest BCUT2D eigenvalue weighted by atomic mass is 10.2. The van der Waals surface area contributed by atoms with Gasteiger partial charge in [0.2, 0.25) is 0 Å². The van der Waals surface area contributed by atoms with Gasteiger partial charge in [0.05, 0.1) is 0 Å². The first-order chi connectivity index (χ1) is 5.97. The van der Waals surface area contributed by atoms with Crippen molar-refractivity contribution in [1.82, 2.24) is 0 Å². The van der Waals surface area contributed by atoms with Crippen LogP contribution in [0.15, 0.2) is 29.7 Å². The Hall–Kier alpha value is -0.0700. The minimum atomic E-state index is -3.54. The molecule has 0 unspecified atom stereocenters. The monoisotopic (exact) mass is 328 g/mol. The average Bonchev–Trinajstić information content (AvgIpc) is 2.02. The third kappa shape index (κ3) is 4.64. The number of hydrogen-bond acceptors (Lipinski definition) is 2. The molecule has 1 aromatic rings. The van der Waals surface area contributed by atoms with Crippen molar-refractivity contribution in [3.63, 3.8) is 0 Å². The number of benzene rings is 1. The highest BCUT2D eigenvalue weighted by atomic mass is 127. The topological polar surface area (TPSA) is 34.1 Å². The van der Waals surface area contributed by atoms with Gasteiger partial charge in [-0.3, -0.25) is 0 Å². The van der Waals surface area contributed by atoms with Crippen molar-refractivity contribution in [1.29, 1.82) is 0 Å². The Labute approximate surface area is 95.2 Å². The summed E-state index contributed by atoms with van der Waals surface area (Å²) in [5, 5.41) is 0.969. The van der Waals surface area contributed by atoms with Crippen LogP contribution in [0, 0.1) is 3.57 Å². The van der Waals surface area contributed by atoms with Gasteiger partial charge in [0.15, 0.2) is 0 Å². The summed E-state index contributed by atoms with van der Waals surface area (Å²) in [4.78, 5) is 0. The highest BCUT2D eigenvalue weighted by molar-refractivity contribution is 14.1. The number of hydrogen-bond donors (Lipinski definition) is 0. The Morgan fingerprint density at radius 1 is 1.23 bits per heavy atom. The lowest BCUT2D eigenvalue weighted by Crippen LogP contribution is -1.79. The SMILES string of the molecule is O=S(=O)(Cl)/C=C/c1ccc(I)cc1. The van der Waals surface area contributed by atoms with Gasteiger partial charge in [0.1, 0.15) is 0 Å². The van der Waals surface area contributed by atoms with E-state index in [0.717, 1.165) is 14.5 Å². The second kappa shape index (κ2) is 4.43. The molecule has 0 amide bonds. The van der Waals surface area contributed by atoms with Gasteiger partial charge in [-0.25, -0.2) is 8.42 Å². The summed E-state index contributed by atoms with van der Waals surface area (Å²) in [7, 11) is 1.46. The lowest BCUT2D eigenvalue weighted by Gasteiger charge is -1.92. The quantitative estimate of drug-likeness (QED) is 0.618. The van der Waals surface area contributed by atoms with Crippen molar-refractivity contribution in [3.8, 4) is 0 Å². The van der Waals surface area contributed by atoms with E-state index in [0.29, 0.717) is 0 Å². The first-order valence-electron chi connectivity index (χ1n) is 3.36. The fourth-order valence-electron chi connectivity index (χ4n) is 0.734. The van der Waals surface area contributed by atoms with Crippen molar-refractivity contribution in [3.05, 3.63) is 38.8 Å². The minimum absolute atomic E-state index is 0.810. The molecule has 0 spiro atoms. The minimum Gasteiger partial charge on any atom is -0.208 e. The van der Waals surface area contributed by atoms with Gasteiger partial charge >= 0.3 is 0 Å². The fraction of sp³-hybridized carbons (Fsp3) is 0. The van der Waals surface area contributed by atoms with E-state index in [1.807, 2.05) is 24.3 Å². The van der Waals surface area contributed by atoms with Crippen LogP contribution in [0.5, 0.6) is 0 Å². The van der Waals surface area contributed by atoms with Crippen LogP contribution in [0.3, 0.4) is 0 Å². The van der Waals surface area contributed by atoms with Crippen molar-refractivity contribution >= 4 is 48.4 Å².